The first-order valence-electron chi connectivity index (χ1n) is 4.59. The number of aromatic nitrogens is 2. The molecule has 2 heterocycles. The summed E-state index contributed by atoms with van der Waals surface area (Å²) in [6, 6.07) is 0.583. The van der Waals surface area contributed by atoms with Crippen molar-refractivity contribution >= 4 is 0 Å². The summed E-state index contributed by atoms with van der Waals surface area (Å²) in [5.74, 6) is 0.626. The Labute approximate surface area is 72.6 Å². The van der Waals surface area contributed by atoms with Gasteiger partial charge in [0.2, 0.25) is 0 Å². The average Bonchev–Trinajstić information content (AvgIpc) is 2.57. The van der Waals surface area contributed by atoms with Crippen molar-refractivity contribution in [3.05, 3.63) is 18.2 Å². The van der Waals surface area contributed by atoms with E-state index in [9.17, 15) is 0 Å². The normalized spacial score (nSPS) is 30.4. The number of aromatic amines is 1. The highest BCUT2D eigenvalue weighted by Gasteiger charge is 2.22. The summed E-state index contributed by atoms with van der Waals surface area (Å²) in [6.07, 6.45) is 6.25. The van der Waals surface area contributed by atoms with E-state index in [4.69, 9.17) is 0 Å². The molecule has 0 amide bonds. The fraction of sp³-hybridized carbons (Fsp3) is 0.667. The number of rotatable bonds is 1. The van der Waals surface area contributed by atoms with E-state index in [0.29, 0.717) is 12.0 Å². The lowest BCUT2D eigenvalue weighted by Gasteiger charge is -2.28. The topological polar surface area (TPSA) is 40.7 Å². The van der Waals surface area contributed by atoms with Crippen molar-refractivity contribution in [2.45, 2.75) is 31.7 Å². The first-order valence-corrected chi connectivity index (χ1v) is 4.59. The maximum atomic E-state index is 4.05. The number of hydrogen-bond donors (Lipinski definition) is 2. The van der Waals surface area contributed by atoms with Crippen LogP contribution in [-0.2, 0) is 0 Å². The molecule has 1 aromatic rings. The number of hydrogen-bond acceptors (Lipinski definition) is 2. The standard InChI is InChI=1S/C9H15N3/c1-7-8(3-2-4-11-7)9-5-10-6-12-9/h5-8,11H,2-4H2,1H3,(H,10,12). The Morgan fingerprint density at radius 1 is 1.58 bits per heavy atom. The fourth-order valence-corrected chi connectivity index (χ4v) is 1.94. The van der Waals surface area contributed by atoms with E-state index in [1.54, 1.807) is 6.33 Å². The minimum atomic E-state index is 0.583. The molecular weight excluding hydrogens is 150 g/mol. The zero-order valence-electron chi connectivity index (χ0n) is 7.38. The third kappa shape index (κ3) is 1.37. The molecule has 2 unspecified atom stereocenters. The molecule has 2 N–H and O–H groups in total. The van der Waals surface area contributed by atoms with Crippen LogP contribution in [0.25, 0.3) is 0 Å². The van der Waals surface area contributed by atoms with Gasteiger partial charge < -0.3 is 10.3 Å². The van der Waals surface area contributed by atoms with Gasteiger partial charge in [-0.3, -0.25) is 0 Å². The second-order valence-corrected chi connectivity index (χ2v) is 3.50. The molecule has 12 heavy (non-hydrogen) atoms. The number of nitrogens with one attached hydrogen (secondary N) is 2. The van der Waals surface area contributed by atoms with Gasteiger partial charge in [0, 0.05) is 23.9 Å². The first-order chi connectivity index (χ1) is 5.88. The summed E-state index contributed by atoms with van der Waals surface area (Å²) in [7, 11) is 0. The molecule has 1 aromatic heterocycles. The molecule has 0 radical (unpaired) electrons. The van der Waals surface area contributed by atoms with Crippen molar-refractivity contribution in [3.63, 3.8) is 0 Å². The highest BCUT2D eigenvalue weighted by Crippen LogP contribution is 2.25. The molecule has 2 rings (SSSR count). The molecule has 0 saturated carbocycles. The maximum Gasteiger partial charge on any atom is 0.0921 e. The largest absolute Gasteiger partial charge is 0.348 e. The van der Waals surface area contributed by atoms with Gasteiger partial charge in [-0.15, -0.1) is 0 Å². The molecule has 0 spiro atoms. The van der Waals surface area contributed by atoms with Gasteiger partial charge in [0.1, 0.15) is 0 Å². The highest BCUT2D eigenvalue weighted by atomic mass is 14.9. The average molecular weight is 165 g/mol. The van der Waals surface area contributed by atoms with E-state index in [1.165, 1.54) is 18.5 Å². The van der Waals surface area contributed by atoms with Crippen LogP contribution in [0, 0.1) is 0 Å². The monoisotopic (exact) mass is 165 g/mol. The van der Waals surface area contributed by atoms with Crippen LogP contribution in [0.2, 0.25) is 0 Å². The van der Waals surface area contributed by atoms with E-state index in [1.807, 2.05) is 6.20 Å². The predicted octanol–water partition coefficient (Wildman–Crippen LogP) is 1.27. The molecule has 0 aromatic carbocycles. The molecule has 1 aliphatic heterocycles. The van der Waals surface area contributed by atoms with Crippen LogP contribution in [0.5, 0.6) is 0 Å². The molecule has 0 aliphatic carbocycles. The molecular formula is C9H15N3. The summed E-state index contributed by atoms with van der Waals surface area (Å²) in [4.78, 5) is 7.23. The van der Waals surface area contributed by atoms with Gasteiger partial charge in [0.05, 0.1) is 6.33 Å². The lowest BCUT2D eigenvalue weighted by molar-refractivity contribution is 0.366. The molecule has 3 heteroatoms. The van der Waals surface area contributed by atoms with Gasteiger partial charge in [-0.25, -0.2) is 4.98 Å². The van der Waals surface area contributed by atoms with Gasteiger partial charge in [-0.05, 0) is 26.3 Å². The fourth-order valence-electron chi connectivity index (χ4n) is 1.94. The molecule has 2 atom stereocenters. The highest BCUT2D eigenvalue weighted by molar-refractivity contribution is 5.07. The number of H-pyrrole nitrogens is 1. The van der Waals surface area contributed by atoms with Gasteiger partial charge in [-0.2, -0.15) is 0 Å². The molecule has 1 aliphatic rings. The van der Waals surface area contributed by atoms with E-state index >= 15 is 0 Å². The quantitative estimate of drug-likeness (QED) is 0.658. The van der Waals surface area contributed by atoms with Crippen LogP contribution in [0.1, 0.15) is 31.4 Å². The van der Waals surface area contributed by atoms with Crippen molar-refractivity contribution in [3.8, 4) is 0 Å². The Morgan fingerprint density at radius 3 is 3.17 bits per heavy atom. The third-order valence-electron chi connectivity index (χ3n) is 2.68. The zero-order chi connectivity index (χ0) is 8.39. The van der Waals surface area contributed by atoms with Crippen LogP contribution >= 0.6 is 0 Å². The van der Waals surface area contributed by atoms with Crippen molar-refractivity contribution in [2.75, 3.05) is 6.54 Å². The van der Waals surface area contributed by atoms with Gasteiger partial charge in [0.15, 0.2) is 0 Å². The van der Waals surface area contributed by atoms with Crippen molar-refractivity contribution in [1.82, 2.24) is 15.3 Å². The third-order valence-corrected chi connectivity index (χ3v) is 2.68. The first kappa shape index (κ1) is 7.80. The predicted molar refractivity (Wildman–Crippen MR) is 48.0 cm³/mol. The molecule has 3 nitrogen and oxygen atoms in total. The molecule has 0 bridgehead atoms. The van der Waals surface area contributed by atoms with Gasteiger partial charge in [-0.1, -0.05) is 0 Å². The Morgan fingerprint density at radius 2 is 2.50 bits per heavy atom. The summed E-state index contributed by atoms with van der Waals surface area (Å²) in [6.45, 7) is 3.40. The second-order valence-electron chi connectivity index (χ2n) is 3.50. The Bertz CT molecular complexity index is 230. The van der Waals surface area contributed by atoms with Crippen LogP contribution in [0.4, 0.5) is 0 Å². The summed E-state index contributed by atoms with van der Waals surface area (Å²) >= 11 is 0. The van der Waals surface area contributed by atoms with Crippen LogP contribution in [0.15, 0.2) is 12.5 Å². The number of imidazole rings is 1. The Kier molecular flexibility index (Phi) is 2.13. The molecule has 66 valence electrons. The van der Waals surface area contributed by atoms with Crippen LogP contribution < -0.4 is 5.32 Å². The summed E-state index contributed by atoms with van der Waals surface area (Å²) in [5, 5.41) is 3.47. The Hall–Kier alpha value is -0.830. The zero-order valence-corrected chi connectivity index (χ0v) is 7.38. The van der Waals surface area contributed by atoms with Gasteiger partial charge >= 0.3 is 0 Å². The lowest BCUT2D eigenvalue weighted by Crippen LogP contribution is -2.37. The molecule has 1 fully saturated rings. The summed E-state index contributed by atoms with van der Waals surface area (Å²) in [5.41, 5.74) is 1.27. The van der Waals surface area contributed by atoms with E-state index in [-0.39, 0.29) is 0 Å². The Balaban J connectivity index is 2.11. The SMILES string of the molecule is CC1NCCCC1c1cnc[nH]1. The summed E-state index contributed by atoms with van der Waals surface area (Å²) < 4.78 is 0. The van der Waals surface area contributed by atoms with Crippen molar-refractivity contribution in [1.29, 1.82) is 0 Å². The van der Waals surface area contributed by atoms with Crippen molar-refractivity contribution < 1.29 is 0 Å². The van der Waals surface area contributed by atoms with Crippen LogP contribution in [0.3, 0.4) is 0 Å². The lowest BCUT2D eigenvalue weighted by atomic mass is 9.90. The van der Waals surface area contributed by atoms with E-state index in [0.717, 1.165) is 6.54 Å². The van der Waals surface area contributed by atoms with E-state index < -0.39 is 0 Å². The number of nitrogens with zero attached hydrogens (tertiary/aromatic N) is 1. The van der Waals surface area contributed by atoms with Gasteiger partial charge in [0.25, 0.3) is 0 Å². The molecule has 1 saturated heterocycles. The van der Waals surface area contributed by atoms with Crippen LogP contribution in [-0.4, -0.2) is 22.6 Å². The smallest absolute Gasteiger partial charge is 0.0921 e. The minimum Gasteiger partial charge on any atom is -0.348 e. The minimum absolute atomic E-state index is 0.583. The second kappa shape index (κ2) is 3.27. The number of piperidine rings is 1. The maximum absolute atomic E-state index is 4.05. The van der Waals surface area contributed by atoms with Crippen molar-refractivity contribution in [2.24, 2.45) is 0 Å². The van der Waals surface area contributed by atoms with E-state index in [2.05, 4.69) is 22.2 Å².